The monoisotopic (exact) mass is 432 g/mol. The maximum absolute atomic E-state index is 12.7. The van der Waals surface area contributed by atoms with Crippen molar-refractivity contribution in [3.8, 4) is 5.75 Å². The molecule has 166 valence electrons. The highest BCUT2D eigenvalue weighted by molar-refractivity contribution is 5.95. The summed E-state index contributed by atoms with van der Waals surface area (Å²) in [4.78, 5) is 47.4. The lowest BCUT2D eigenvalue weighted by Crippen LogP contribution is -2.55. The van der Waals surface area contributed by atoms with Gasteiger partial charge in [0.2, 0.25) is 5.91 Å². The Morgan fingerprint density at radius 1 is 1.03 bits per heavy atom. The normalized spacial score (nSPS) is 12.8. The highest BCUT2D eigenvalue weighted by atomic mass is 19.1. The molecule has 0 aliphatic carbocycles. The minimum atomic E-state index is -1.51. The van der Waals surface area contributed by atoms with Crippen molar-refractivity contribution >= 4 is 34.3 Å². The highest BCUT2D eigenvalue weighted by Gasteiger charge is 2.30. The lowest BCUT2D eigenvalue weighted by molar-refractivity contribution is -0.141. The summed E-state index contributed by atoms with van der Waals surface area (Å²) in [6, 6.07) is 10.4. The van der Waals surface area contributed by atoms with Gasteiger partial charge < -0.3 is 20.5 Å². The fourth-order valence-electron chi connectivity index (χ4n) is 2.99. The average Bonchev–Trinajstić information content (AvgIpc) is 2.74. The Balaban J connectivity index is 2.02. The Morgan fingerprint density at radius 3 is 2.35 bits per heavy atom. The minimum absolute atomic E-state index is 0.355. The van der Waals surface area contributed by atoms with Crippen molar-refractivity contribution in [2.45, 2.75) is 32.4 Å². The van der Waals surface area contributed by atoms with Crippen molar-refractivity contribution in [2.75, 3.05) is 13.3 Å². The van der Waals surface area contributed by atoms with E-state index < -0.39 is 48.7 Å². The maximum atomic E-state index is 12.7. The first-order valence-corrected chi connectivity index (χ1v) is 9.73. The number of carboxylic acid groups (broad SMARTS) is 1. The molecule has 2 amide bonds. The van der Waals surface area contributed by atoms with Gasteiger partial charge in [0.15, 0.2) is 12.4 Å². The van der Waals surface area contributed by atoms with Gasteiger partial charge in [0.05, 0.1) is 6.42 Å². The van der Waals surface area contributed by atoms with E-state index in [1.54, 1.807) is 26.0 Å². The van der Waals surface area contributed by atoms with Crippen LogP contribution in [0.2, 0.25) is 0 Å². The zero-order chi connectivity index (χ0) is 23.0. The smallest absolute Gasteiger partial charge is 0.305 e. The maximum Gasteiger partial charge on any atom is 0.305 e. The SMILES string of the molecule is CC(C)C(NC(=O)COc1cccc2ccccc12)C(=O)NC(CC(=O)O)C(=O)CF. The van der Waals surface area contributed by atoms with Gasteiger partial charge in [-0.1, -0.05) is 50.2 Å². The molecule has 0 heterocycles. The molecular formula is C22H25FN2O6. The van der Waals surface area contributed by atoms with Crippen LogP contribution in [0.15, 0.2) is 42.5 Å². The number of fused-ring (bicyclic) bond motifs is 1. The Morgan fingerprint density at radius 2 is 1.71 bits per heavy atom. The van der Waals surface area contributed by atoms with Gasteiger partial charge in [-0.05, 0) is 17.4 Å². The van der Waals surface area contributed by atoms with Crippen LogP contribution in [0.25, 0.3) is 10.8 Å². The average molecular weight is 432 g/mol. The van der Waals surface area contributed by atoms with Crippen LogP contribution in [-0.2, 0) is 19.2 Å². The van der Waals surface area contributed by atoms with Gasteiger partial charge in [0, 0.05) is 5.39 Å². The lowest BCUT2D eigenvalue weighted by atomic mass is 10.0. The van der Waals surface area contributed by atoms with Crippen molar-refractivity contribution in [1.82, 2.24) is 10.6 Å². The summed E-state index contributed by atoms with van der Waals surface area (Å²) in [5, 5.41) is 15.4. The number of Topliss-reactive ketones (excluding diaryl/α,β-unsaturated/α-hetero) is 1. The first kappa shape index (κ1) is 23.8. The van der Waals surface area contributed by atoms with Crippen LogP contribution in [0.3, 0.4) is 0 Å². The number of halogens is 1. The standard InChI is InChI=1S/C22H25FN2O6/c1-13(2)21(22(30)24-16(10-20(28)29)17(26)11-23)25-19(27)12-31-18-9-5-7-14-6-3-4-8-15(14)18/h3-9,13,16,21H,10-12H2,1-2H3,(H,24,30)(H,25,27)(H,28,29). The Bertz CT molecular complexity index is 957. The molecule has 0 bridgehead atoms. The first-order valence-electron chi connectivity index (χ1n) is 9.73. The van der Waals surface area contributed by atoms with Crippen LogP contribution in [0.4, 0.5) is 4.39 Å². The van der Waals surface area contributed by atoms with Gasteiger partial charge in [-0.15, -0.1) is 0 Å². The van der Waals surface area contributed by atoms with E-state index in [-0.39, 0.29) is 12.5 Å². The van der Waals surface area contributed by atoms with Crippen molar-refractivity contribution in [3.63, 3.8) is 0 Å². The van der Waals surface area contributed by atoms with E-state index in [1.807, 2.05) is 30.3 Å². The molecule has 2 rings (SSSR count). The molecule has 0 spiro atoms. The van der Waals surface area contributed by atoms with Gasteiger partial charge in [0.25, 0.3) is 5.91 Å². The summed E-state index contributed by atoms with van der Waals surface area (Å²) in [7, 11) is 0. The van der Waals surface area contributed by atoms with Gasteiger partial charge in [0.1, 0.15) is 24.5 Å². The molecule has 9 heteroatoms. The number of hydrogen-bond donors (Lipinski definition) is 3. The van der Waals surface area contributed by atoms with Gasteiger partial charge in [-0.2, -0.15) is 0 Å². The van der Waals surface area contributed by atoms with Gasteiger partial charge in [-0.25, -0.2) is 4.39 Å². The molecule has 2 aromatic rings. The number of hydrogen-bond acceptors (Lipinski definition) is 5. The number of nitrogens with one attached hydrogen (secondary N) is 2. The number of amides is 2. The molecule has 2 aromatic carbocycles. The number of rotatable bonds is 11. The van der Waals surface area contributed by atoms with Gasteiger partial charge in [-0.3, -0.25) is 19.2 Å². The van der Waals surface area contributed by atoms with Gasteiger partial charge >= 0.3 is 5.97 Å². The number of alkyl halides is 1. The van der Waals surface area contributed by atoms with E-state index in [2.05, 4.69) is 10.6 Å². The quantitative estimate of drug-likeness (QED) is 0.498. The predicted molar refractivity (Wildman–Crippen MR) is 111 cm³/mol. The summed E-state index contributed by atoms with van der Waals surface area (Å²) in [5.41, 5.74) is 0. The highest BCUT2D eigenvalue weighted by Crippen LogP contribution is 2.24. The molecule has 0 saturated carbocycles. The zero-order valence-corrected chi connectivity index (χ0v) is 17.3. The molecule has 0 aliphatic rings. The van der Waals surface area contributed by atoms with Crippen molar-refractivity contribution in [3.05, 3.63) is 42.5 Å². The van der Waals surface area contributed by atoms with Crippen LogP contribution < -0.4 is 15.4 Å². The first-order chi connectivity index (χ1) is 14.7. The van der Waals surface area contributed by atoms with E-state index in [0.717, 1.165) is 10.8 Å². The van der Waals surface area contributed by atoms with Crippen molar-refractivity contribution in [2.24, 2.45) is 5.92 Å². The molecule has 0 radical (unpaired) electrons. The number of carbonyl (C=O) groups excluding carboxylic acids is 3. The van der Waals surface area contributed by atoms with Crippen molar-refractivity contribution < 1.29 is 33.4 Å². The topological polar surface area (TPSA) is 122 Å². The number of aliphatic carboxylic acids is 1. The second-order valence-corrected chi connectivity index (χ2v) is 7.31. The molecule has 0 saturated heterocycles. The predicted octanol–water partition coefficient (Wildman–Crippen LogP) is 1.86. The second kappa shape index (κ2) is 11.1. The summed E-state index contributed by atoms with van der Waals surface area (Å²) in [6.45, 7) is 1.57. The molecule has 0 fully saturated rings. The van der Waals surface area contributed by atoms with Crippen LogP contribution in [0, 0.1) is 5.92 Å². The third-order valence-corrected chi connectivity index (χ3v) is 4.59. The fourth-order valence-corrected chi connectivity index (χ4v) is 2.99. The van der Waals surface area contributed by atoms with Crippen LogP contribution in [-0.4, -0.2) is 54.0 Å². The molecule has 2 unspecified atom stereocenters. The molecule has 0 aliphatic heterocycles. The summed E-state index contributed by atoms with van der Waals surface area (Å²) in [5.74, 6) is -3.64. The van der Waals surface area contributed by atoms with Crippen molar-refractivity contribution in [1.29, 1.82) is 0 Å². The largest absolute Gasteiger partial charge is 0.483 e. The molecule has 3 N–H and O–H groups in total. The molecular weight excluding hydrogens is 407 g/mol. The van der Waals surface area contributed by atoms with E-state index in [9.17, 15) is 23.6 Å². The molecule has 31 heavy (non-hydrogen) atoms. The Labute approximate surface area is 178 Å². The van der Waals surface area contributed by atoms with E-state index in [0.29, 0.717) is 5.75 Å². The van der Waals surface area contributed by atoms with E-state index >= 15 is 0 Å². The summed E-state index contributed by atoms with van der Waals surface area (Å²) in [6.07, 6.45) is -0.753. The number of ether oxygens (including phenoxy) is 1. The minimum Gasteiger partial charge on any atom is -0.483 e. The number of benzene rings is 2. The Hall–Kier alpha value is -3.49. The number of carbonyl (C=O) groups is 4. The number of ketones is 1. The third-order valence-electron chi connectivity index (χ3n) is 4.59. The van der Waals surface area contributed by atoms with E-state index in [4.69, 9.17) is 9.84 Å². The lowest BCUT2D eigenvalue weighted by Gasteiger charge is -2.24. The van der Waals surface area contributed by atoms with Crippen LogP contribution in [0.5, 0.6) is 5.75 Å². The summed E-state index contributed by atoms with van der Waals surface area (Å²) >= 11 is 0. The summed E-state index contributed by atoms with van der Waals surface area (Å²) < 4.78 is 18.3. The second-order valence-electron chi connectivity index (χ2n) is 7.31. The molecule has 2 atom stereocenters. The molecule has 0 aromatic heterocycles. The fraction of sp³-hybridized carbons (Fsp3) is 0.364. The zero-order valence-electron chi connectivity index (χ0n) is 17.3. The van der Waals surface area contributed by atoms with Crippen LogP contribution >= 0.6 is 0 Å². The molecule has 8 nitrogen and oxygen atoms in total. The van der Waals surface area contributed by atoms with Crippen LogP contribution in [0.1, 0.15) is 20.3 Å². The third kappa shape index (κ3) is 6.77. The van der Waals surface area contributed by atoms with E-state index in [1.165, 1.54) is 0 Å². The number of carboxylic acids is 1. The Kier molecular flexibility index (Phi) is 8.48.